The maximum absolute atomic E-state index is 5.41. The molecule has 0 radical (unpaired) electrons. The summed E-state index contributed by atoms with van der Waals surface area (Å²) in [5, 5.41) is 0. The summed E-state index contributed by atoms with van der Waals surface area (Å²) >= 11 is 0. The normalized spacial score (nSPS) is 22.0. The van der Waals surface area contributed by atoms with Gasteiger partial charge in [0.05, 0.1) is 13.2 Å². The lowest BCUT2D eigenvalue weighted by molar-refractivity contribution is -0.0192. The van der Waals surface area contributed by atoms with Crippen molar-refractivity contribution in [2.45, 2.75) is 46.6 Å². The zero-order valence-corrected chi connectivity index (χ0v) is 11.0. The van der Waals surface area contributed by atoms with E-state index >= 15 is 0 Å². The van der Waals surface area contributed by atoms with Gasteiger partial charge in [0.1, 0.15) is 0 Å². The number of hydrogen-bond donors (Lipinski definition) is 0. The van der Waals surface area contributed by atoms with Crippen LogP contribution in [0.25, 0.3) is 0 Å². The minimum Gasteiger partial charge on any atom is -0.379 e. The second-order valence-electron chi connectivity index (χ2n) is 5.84. The van der Waals surface area contributed by atoms with Gasteiger partial charge in [-0.15, -0.1) is 0 Å². The molecule has 1 aliphatic rings. The molecule has 1 aliphatic heterocycles. The molecular formula is C13H27NO. The number of hydrogen-bond acceptors (Lipinski definition) is 2. The molecule has 0 spiro atoms. The highest BCUT2D eigenvalue weighted by Crippen LogP contribution is 2.27. The zero-order chi connectivity index (χ0) is 11.5. The Kier molecular flexibility index (Phi) is 4.60. The lowest BCUT2D eigenvalue weighted by Gasteiger charge is -2.42. The Labute approximate surface area is 95.0 Å². The summed E-state index contributed by atoms with van der Waals surface area (Å²) < 4.78 is 5.41. The Morgan fingerprint density at radius 2 is 1.67 bits per heavy atom. The first-order valence-corrected chi connectivity index (χ1v) is 6.26. The SMILES string of the molecule is CC(C)C(C)CC(C)(C)N1CCOCC1. The zero-order valence-electron chi connectivity index (χ0n) is 11.0. The van der Waals surface area contributed by atoms with Crippen LogP contribution in [0.5, 0.6) is 0 Å². The lowest BCUT2D eigenvalue weighted by atomic mass is 9.84. The van der Waals surface area contributed by atoms with Crippen molar-refractivity contribution in [3.8, 4) is 0 Å². The molecule has 0 amide bonds. The number of rotatable bonds is 4. The van der Waals surface area contributed by atoms with Crippen molar-refractivity contribution in [3.05, 3.63) is 0 Å². The van der Waals surface area contributed by atoms with Gasteiger partial charge < -0.3 is 4.74 Å². The summed E-state index contributed by atoms with van der Waals surface area (Å²) in [6, 6.07) is 0. The van der Waals surface area contributed by atoms with Gasteiger partial charge in [0.15, 0.2) is 0 Å². The van der Waals surface area contributed by atoms with E-state index in [1.54, 1.807) is 0 Å². The van der Waals surface area contributed by atoms with Gasteiger partial charge in [0.25, 0.3) is 0 Å². The van der Waals surface area contributed by atoms with E-state index in [0.717, 1.165) is 38.1 Å². The monoisotopic (exact) mass is 213 g/mol. The maximum Gasteiger partial charge on any atom is 0.0594 e. The second-order valence-corrected chi connectivity index (χ2v) is 5.84. The smallest absolute Gasteiger partial charge is 0.0594 e. The number of ether oxygens (including phenoxy) is 1. The molecule has 1 heterocycles. The first-order valence-electron chi connectivity index (χ1n) is 6.26. The summed E-state index contributed by atoms with van der Waals surface area (Å²) in [4.78, 5) is 2.58. The van der Waals surface area contributed by atoms with Crippen molar-refractivity contribution in [2.75, 3.05) is 26.3 Å². The summed E-state index contributed by atoms with van der Waals surface area (Å²) in [5.41, 5.74) is 0.327. The van der Waals surface area contributed by atoms with Gasteiger partial charge >= 0.3 is 0 Å². The Hall–Kier alpha value is -0.0800. The Bertz CT molecular complexity index is 183. The first-order chi connectivity index (χ1) is 6.93. The van der Waals surface area contributed by atoms with Crippen LogP contribution in [0.1, 0.15) is 41.0 Å². The van der Waals surface area contributed by atoms with Crippen LogP contribution in [0, 0.1) is 11.8 Å². The van der Waals surface area contributed by atoms with E-state index in [1.807, 2.05) is 0 Å². The van der Waals surface area contributed by atoms with Gasteiger partial charge in [-0.25, -0.2) is 0 Å². The van der Waals surface area contributed by atoms with Crippen LogP contribution in [-0.4, -0.2) is 36.7 Å². The summed E-state index contributed by atoms with van der Waals surface area (Å²) in [7, 11) is 0. The average molecular weight is 213 g/mol. The third kappa shape index (κ3) is 3.76. The molecule has 2 nitrogen and oxygen atoms in total. The molecule has 1 fully saturated rings. The fourth-order valence-electron chi connectivity index (χ4n) is 2.32. The van der Waals surface area contributed by atoms with E-state index in [1.165, 1.54) is 6.42 Å². The van der Waals surface area contributed by atoms with Crippen LogP contribution < -0.4 is 0 Å². The molecule has 0 aromatic heterocycles. The third-order valence-electron chi connectivity index (χ3n) is 3.83. The third-order valence-corrected chi connectivity index (χ3v) is 3.83. The molecule has 0 aliphatic carbocycles. The first kappa shape index (κ1) is 13.0. The summed E-state index contributed by atoms with van der Waals surface area (Å²) in [5.74, 6) is 1.58. The van der Waals surface area contributed by atoms with Crippen LogP contribution in [0.2, 0.25) is 0 Å². The van der Waals surface area contributed by atoms with Gasteiger partial charge in [0, 0.05) is 18.6 Å². The summed E-state index contributed by atoms with van der Waals surface area (Å²) in [6.45, 7) is 15.7. The molecule has 0 bridgehead atoms. The number of nitrogens with zero attached hydrogens (tertiary/aromatic N) is 1. The minimum atomic E-state index is 0.327. The standard InChI is InChI=1S/C13H27NO/c1-11(2)12(3)10-13(4,5)14-6-8-15-9-7-14/h11-12H,6-10H2,1-5H3. The van der Waals surface area contributed by atoms with Crippen LogP contribution >= 0.6 is 0 Å². The van der Waals surface area contributed by atoms with Crippen molar-refractivity contribution < 1.29 is 4.74 Å². The summed E-state index contributed by atoms with van der Waals surface area (Å²) in [6.07, 6.45) is 1.28. The molecule has 0 N–H and O–H groups in total. The lowest BCUT2D eigenvalue weighted by Crippen LogP contribution is -2.50. The van der Waals surface area contributed by atoms with Gasteiger partial charge in [0.2, 0.25) is 0 Å². The fraction of sp³-hybridized carbons (Fsp3) is 1.00. The molecule has 1 saturated heterocycles. The van der Waals surface area contributed by atoms with Crippen molar-refractivity contribution in [2.24, 2.45) is 11.8 Å². The molecule has 1 rings (SSSR count). The highest BCUT2D eigenvalue weighted by atomic mass is 16.5. The number of morpholine rings is 1. The molecule has 0 aromatic carbocycles. The van der Waals surface area contributed by atoms with Crippen molar-refractivity contribution in [1.29, 1.82) is 0 Å². The molecule has 0 saturated carbocycles. The Morgan fingerprint density at radius 3 is 2.13 bits per heavy atom. The van der Waals surface area contributed by atoms with E-state index in [0.29, 0.717) is 5.54 Å². The van der Waals surface area contributed by atoms with Crippen LogP contribution in [0.3, 0.4) is 0 Å². The molecule has 15 heavy (non-hydrogen) atoms. The predicted octanol–water partition coefficient (Wildman–Crippen LogP) is 2.78. The van der Waals surface area contributed by atoms with Crippen LogP contribution in [-0.2, 0) is 4.74 Å². The molecule has 1 atom stereocenters. The highest BCUT2D eigenvalue weighted by Gasteiger charge is 2.30. The minimum absolute atomic E-state index is 0.327. The predicted molar refractivity (Wildman–Crippen MR) is 65.1 cm³/mol. The van der Waals surface area contributed by atoms with E-state index < -0.39 is 0 Å². The quantitative estimate of drug-likeness (QED) is 0.712. The Balaban J connectivity index is 2.48. The van der Waals surface area contributed by atoms with Gasteiger partial charge in [-0.2, -0.15) is 0 Å². The second kappa shape index (κ2) is 5.31. The van der Waals surface area contributed by atoms with Crippen molar-refractivity contribution >= 4 is 0 Å². The van der Waals surface area contributed by atoms with Crippen molar-refractivity contribution in [1.82, 2.24) is 4.90 Å². The fourth-order valence-corrected chi connectivity index (χ4v) is 2.32. The van der Waals surface area contributed by atoms with E-state index in [9.17, 15) is 0 Å². The highest BCUT2D eigenvalue weighted by molar-refractivity contribution is 4.85. The van der Waals surface area contributed by atoms with Crippen molar-refractivity contribution in [3.63, 3.8) is 0 Å². The van der Waals surface area contributed by atoms with Gasteiger partial charge in [-0.1, -0.05) is 20.8 Å². The largest absolute Gasteiger partial charge is 0.379 e. The van der Waals surface area contributed by atoms with E-state index in [2.05, 4.69) is 39.5 Å². The molecule has 90 valence electrons. The average Bonchev–Trinajstić information content (AvgIpc) is 2.18. The topological polar surface area (TPSA) is 12.5 Å². The maximum atomic E-state index is 5.41. The van der Waals surface area contributed by atoms with Gasteiger partial charge in [-0.3, -0.25) is 4.90 Å². The van der Waals surface area contributed by atoms with Crippen LogP contribution in [0.4, 0.5) is 0 Å². The molecule has 2 heteroatoms. The molecule has 1 unspecified atom stereocenters. The van der Waals surface area contributed by atoms with E-state index in [-0.39, 0.29) is 0 Å². The van der Waals surface area contributed by atoms with Gasteiger partial charge in [-0.05, 0) is 32.1 Å². The molecular weight excluding hydrogens is 186 g/mol. The van der Waals surface area contributed by atoms with E-state index in [4.69, 9.17) is 4.74 Å². The molecule has 0 aromatic rings. The van der Waals surface area contributed by atoms with Crippen LogP contribution in [0.15, 0.2) is 0 Å². The Morgan fingerprint density at radius 1 is 1.13 bits per heavy atom.